The molecule has 1 heterocycles. The zero-order valence-corrected chi connectivity index (χ0v) is 11.5. The fourth-order valence-electron chi connectivity index (χ4n) is 2.03. The van der Waals surface area contributed by atoms with E-state index >= 15 is 0 Å². The van der Waals surface area contributed by atoms with Gasteiger partial charge in [-0.15, -0.1) is 0 Å². The molecule has 0 fully saturated rings. The Balaban J connectivity index is 2.30. The molecule has 0 radical (unpaired) electrons. The van der Waals surface area contributed by atoms with Gasteiger partial charge in [-0.3, -0.25) is 4.99 Å². The van der Waals surface area contributed by atoms with Crippen LogP contribution in [0.5, 0.6) is 0 Å². The SMILES string of the molecule is CC(C)(O)[C@H]1CCC(c2ccc(F)cc2Br)=N1. The van der Waals surface area contributed by atoms with Gasteiger partial charge in [-0.2, -0.15) is 0 Å². The zero-order valence-electron chi connectivity index (χ0n) is 9.87. The molecule has 0 bridgehead atoms. The summed E-state index contributed by atoms with van der Waals surface area (Å²) in [7, 11) is 0. The lowest BCUT2D eigenvalue weighted by Crippen LogP contribution is -2.32. The van der Waals surface area contributed by atoms with E-state index in [1.807, 2.05) is 0 Å². The molecule has 2 rings (SSSR count). The molecule has 0 amide bonds. The van der Waals surface area contributed by atoms with E-state index in [0.717, 1.165) is 24.1 Å². The number of aliphatic hydroxyl groups is 1. The van der Waals surface area contributed by atoms with Crippen LogP contribution in [0.1, 0.15) is 32.3 Å². The topological polar surface area (TPSA) is 32.6 Å². The van der Waals surface area contributed by atoms with Gasteiger partial charge in [-0.25, -0.2) is 4.39 Å². The van der Waals surface area contributed by atoms with Crippen LogP contribution < -0.4 is 0 Å². The van der Waals surface area contributed by atoms with Crippen LogP contribution in [0, 0.1) is 5.82 Å². The van der Waals surface area contributed by atoms with Gasteiger partial charge in [0.15, 0.2) is 0 Å². The van der Waals surface area contributed by atoms with Crippen LogP contribution in [0.4, 0.5) is 4.39 Å². The van der Waals surface area contributed by atoms with Crippen molar-refractivity contribution in [2.75, 3.05) is 0 Å². The maximum atomic E-state index is 13.0. The highest BCUT2D eigenvalue weighted by Crippen LogP contribution is 2.29. The van der Waals surface area contributed by atoms with Crippen LogP contribution in [0.25, 0.3) is 0 Å². The first-order valence-corrected chi connectivity index (χ1v) is 6.41. The summed E-state index contributed by atoms with van der Waals surface area (Å²) < 4.78 is 13.7. The second-order valence-electron chi connectivity index (χ2n) is 4.91. The first-order chi connectivity index (χ1) is 7.88. The Bertz CT molecular complexity index is 465. The Morgan fingerprint density at radius 2 is 2.18 bits per heavy atom. The normalized spacial score (nSPS) is 20.5. The molecule has 0 unspecified atom stereocenters. The predicted molar refractivity (Wildman–Crippen MR) is 70.0 cm³/mol. The lowest BCUT2D eigenvalue weighted by atomic mass is 9.97. The van der Waals surface area contributed by atoms with Crippen molar-refractivity contribution >= 4 is 21.6 Å². The van der Waals surface area contributed by atoms with Gasteiger partial charge in [0.25, 0.3) is 0 Å². The summed E-state index contributed by atoms with van der Waals surface area (Å²) in [6.07, 6.45) is 1.65. The highest BCUT2D eigenvalue weighted by atomic mass is 79.9. The van der Waals surface area contributed by atoms with Crippen molar-refractivity contribution in [2.24, 2.45) is 4.99 Å². The quantitative estimate of drug-likeness (QED) is 0.893. The van der Waals surface area contributed by atoms with Crippen LogP contribution >= 0.6 is 15.9 Å². The Hall–Kier alpha value is -0.740. The third-order valence-electron chi connectivity index (χ3n) is 3.02. The summed E-state index contributed by atoms with van der Waals surface area (Å²) in [4.78, 5) is 4.53. The summed E-state index contributed by atoms with van der Waals surface area (Å²) >= 11 is 3.34. The van der Waals surface area contributed by atoms with Crippen molar-refractivity contribution in [1.29, 1.82) is 0 Å². The number of hydrogen-bond donors (Lipinski definition) is 1. The maximum absolute atomic E-state index is 13.0. The number of halogens is 2. The minimum Gasteiger partial charge on any atom is -0.388 e. The number of aliphatic imine (C=N–C) groups is 1. The van der Waals surface area contributed by atoms with E-state index in [1.165, 1.54) is 12.1 Å². The fourth-order valence-corrected chi connectivity index (χ4v) is 2.61. The van der Waals surface area contributed by atoms with E-state index in [9.17, 15) is 9.50 Å². The largest absolute Gasteiger partial charge is 0.388 e. The van der Waals surface area contributed by atoms with E-state index in [-0.39, 0.29) is 11.9 Å². The minimum atomic E-state index is -0.797. The first kappa shape index (κ1) is 12.7. The number of nitrogens with zero attached hydrogens (tertiary/aromatic N) is 1. The van der Waals surface area contributed by atoms with E-state index in [1.54, 1.807) is 19.9 Å². The fraction of sp³-hybridized carbons (Fsp3) is 0.462. The second kappa shape index (κ2) is 4.50. The van der Waals surface area contributed by atoms with Gasteiger partial charge in [0, 0.05) is 15.7 Å². The highest BCUT2D eigenvalue weighted by Gasteiger charge is 2.31. The smallest absolute Gasteiger partial charge is 0.124 e. The van der Waals surface area contributed by atoms with E-state index in [4.69, 9.17) is 0 Å². The molecule has 2 nitrogen and oxygen atoms in total. The highest BCUT2D eigenvalue weighted by molar-refractivity contribution is 9.10. The molecule has 1 aliphatic rings. The van der Waals surface area contributed by atoms with E-state index in [0.29, 0.717) is 4.47 Å². The number of hydrogen-bond acceptors (Lipinski definition) is 2. The lowest BCUT2D eigenvalue weighted by molar-refractivity contribution is 0.0535. The molecular formula is C13H15BrFNO. The molecule has 1 N–H and O–H groups in total. The van der Waals surface area contributed by atoms with Gasteiger partial charge in [0.2, 0.25) is 0 Å². The van der Waals surface area contributed by atoms with Crippen LogP contribution in [0.2, 0.25) is 0 Å². The average molecular weight is 300 g/mol. The molecule has 0 aliphatic carbocycles. The van der Waals surface area contributed by atoms with E-state index < -0.39 is 5.60 Å². The Morgan fingerprint density at radius 3 is 2.71 bits per heavy atom. The molecule has 0 spiro atoms. The first-order valence-electron chi connectivity index (χ1n) is 5.62. The molecule has 0 aromatic heterocycles. The van der Waals surface area contributed by atoms with Crippen molar-refractivity contribution < 1.29 is 9.50 Å². The van der Waals surface area contributed by atoms with Crippen LogP contribution in [0.15, 0.2) is 27.7 Å². The van der Waals surface area contributed by atoms with Crippen molar-refractivity contribution in [3.8, 4) is 0 Å². The maximum Gasteiger partial charge on any atom is 0.124 e. The molecule has 1 atom stereocenters. The van der Waals surface area contributed by atoms with Gasteiger partial charge in [0.05, 0.1) is 11.6 Å². The van der Waals surface area contributed by atoms with Crippen molar-refractivity contribution in [2.45, 2.75) is 38.3 Å². The second-order valence-corrected chi connectivity index (χ2v) is 5.76. The number of benzene rings is 1. The molecule has 1 aromatic carbocycles. The summed E-state index contributed by atoms with van der Waals surface area (Å²) in [6, 6.07) is 4.52. The molecule has 1 aromatic rings. The van der Waals surface area contributed by atoms with Gasteiger partial charge >= 0.3 is 0 Å². The molecule has 92 valence electrons. The molecular weight excluding hydrogens is 285 g/mol. The third-order valence-corrected chi connectivity index (χ3v) is 3.68. The lowest BCUT2D eigenvalue weighted by Gasteiger charge is -2.22. The minimum absolute atomic E-state index is 0.0746. The van der Waals surface area contributed by atoms with Gasteiger partial charge < -0.3 is 5.11 Å². The van der Waals surface area contributed by atoms with Crippen molar-refractivity contribution in [3.63, 3.8) is 0 Å². The summed E-state index contributed by atoms with van der Waals surface area (Å²) in [5.74, 6) is -0.266. The molecule has 0 saturated heterocycles. The van der Waals surface area contributed by atoms with Crippen LogP contribution in [0.3, 0.4) is 0 Å². The monoisotopic (exact) mass is 299 g/mol. The standard InChI is InChI=1S/C13H15BrFNO/c1-13(2,17)12-6-5-11(16-12)9-4-3-8(15)7-10(9)14/h3-4,7,12,17H,5-6H2,1-2H3/t12-/m1/s1. The zero-order chi connectivity index (χ0) is 12.6. The third kappa shape index (κ3) is 2.75. The summed E-state index contributed by atoms with van der Waals surface area (Å²) in [6.45, 7) is 3.54. The summed E-state index contributed by atoms with van der Waals surface area (Å²) in [5.41, 5.74) is 1.05. The van der Waals surface area contributed by atoms with Crippen LogP contribution in [-0.4, -0.2) is 22.5 Å². The van der Waals surface area contributed by atoms with Gasteiger partial charge in [-0.05, 0) is 44.9 Å². The Morgan fingerprint density at radius 1 is 1.47 bits per heavy atom. The number of rotatable bonds is 2. The average Bonchev–Trinajstić information content (AvgIpc) is 2.65. The molecule has 1 aliphatic heterocycles. The summed E-state index contributed by atoms with van der Waals surface area (Å²) in [5, 5.41) is 9.92. The van der Waals surface area contributed by atoms with E-state index in [2.05, 4.69) is 20.9 Å². The van der Waals surface area contributed by atoms with Crippen LogP contribution in [-0.2, 0) is 0 Å². The Labute approximate surface area is 109 Å². The van der Waals surface area contributed by atoms with Gasteiger partial charge in [0.1, 0.15) is 5.82 Å². The molecule has 0 saturated carbocycles. The van der Waals surface area contributed by atoms with Gasteiger partial charge in [-0.1, -0.05) is 15.9 Å². The van der Waals surface area contributed by atoms with Crippen molar-refractivity contribution in [1.82, 2.24) is 0 Å². The molecule has 17 heavy (non-hydrogen) atoms. The van der Waals surface area contributed by atoms with Crippen molar-refractivity contribution in [3.05, 3.63) is 34.1 Å². The Kier molecular flexibility index (Phi) is 3.36. The predicted octanol–water partition coefficient (Wildman–Crippen LogP) is 3.31. The molecule has 4 heteroatoms.